The number of fused-ring (bicyclic) bond motifs is 1. The zero-order valence-corrected chi connectivity index (χ0v) is 24.3. The lowest BCUT2D eigenvalue weighted by molar-refractivity contribution is -0.141. The molecule has 10 heteroatoms. The summed E-state index contributed by atoms with van der Waals surface area (Å²) < 4.78 is 37.8. The average Bonchev–Trinajstić information content (AvgIpc) is 2.90. The van der Waals surface area contributed by atoms with Crippen LogP contribution >= 0.6 is 0 Å². The molecule has 1 heterocycles. The Bertz CT molecular complexity index is 1230. The molecule has 0 aromatic heterocycles. The summed E-state index contributed by atoms with van der Waals surface area (Å²) in [5.41, 5.74) is 2.47. The number of ether oxygens (including phenoxy) is 2. The molecule has 0 saturated heterocycles. The average molecular weight is 560 g/mol. The van der Waals surface area contributed by atoms with Crippen LogP contribution in [0.1, 0.15) is 57.1 Å². The number of aryl methyl sites for hydroxylation is 1. The Morgan fingerprint density at radius 1 is 1.03 bits per heavy atom. The van der Waals surface area contributed by atoms with Gasteiger partial charge in [-0.05, 0) is 43.9 Å². The van der Waals surface area contributed by atoms with E-state index >= 15 is 0 Å². The zero-order valence-electron chi connectivity index (χ0n) is 23.4. The number of unbranched alkanes of at least 4 members (excludes halogenated alkanes) is 1. The van der Waals surface area contributed by atoms with E-state index in [4.69, 9.17) is 9.47 Å². The monoisotopic (exact) mass is 559 g/mol. The Morgan fingerprint density at radius 3 is 2.44 bits per heavy atom. The lowest BCUT2D eigenvalue weighted by atomic mass is 10.1. The number of sulfonamides is 1. The molecule has 0 aliphatic carbocycles. The Labute approximate surface area is 232 Å². The molecule has 0 radical (unpaired) electrons. The fourth-order valence-electron chi connectivity index (χ4n) is 4.62. The molecule has 39 heavy (non-hydrogen) atoms. The highest BCUT2D eigenvalue weighted by Gasteiger charge is 2.29. The van der Waals surface area contributed by atoms with Gasteiger partial charge in [-0.2, -0.15) is 0 Å². The van der Waals surface area contributed by atoms with Gasteiger partial charge < -0.3 is 19.7 Å². The number of anilines is 1. The van der Waals surface area contributed by atoms with Crippen molar-refractivity contribution in [3.05, 3.63) is 53.6 Å². The number of carbonyl (C=O) groups is 2. The second-order valence-corrected chi connectivity index (χ2v) is 11.8. The van der Waals surface area contributed by atoms with Crippen molar-refractivity contribution in [3.8, 4) is 11.5 Å². The number of hydrogen-bond donors (Lipinski definition) is 1. The van der Waals surface area contributed by atoms with Crippen molar-refractivity contribution in [3.63, 3.8) is 0 Å². The summed E-state index contributed by atoms with van der Waals surface area (Å²) in [6.07, 6.45) is 3.84. The molecule has 0 bridgehead atoms. The highest BCUT2D eigenvalue weighted by atomic mass is 32.2. The number of nitrogens with one attached hydrogen (secondary N) is 1. The number of hydrogen-bond acceptors (Lipinski definition) is 6. The van der Waals surface area contributed by atoms with Gasteiger partial charge in [0.1, 0.15) is 19.3 Å². The van der Waals surface area contributed by atoms with Crippen molar-refractivity contribution in [2.24, 2.45) is 0 Å². The molecule has 1 unspecified atom stereocenters. The maximum Gasteiger partial charge on any atom is 0.242 e. The van der Waals surface area contributed by atoms with E-state index in [0.29, 0.717) is 56.3 Å². The van der Waals surface area contributed by atoms with Gasteiger partial charge >= 0.3 is 0 Å². The normalized spacial score (nSPS) is 13.4. The standard InChI is InChI=1S/C29H41N3O6S/c1-5-7-15-30-29(34)25(6-2)31(21-23-11-8-10-22(3)19-23)28(33)12-9-16-32(39(4,35)36)24-13-14-26-27(20-24)38-18-17-37-26/h8,10-11,13-14,19-20,25H,5-7,9,12,15-18,21H2,1-4H3,(H,30,34). The molecule has 1 atom stereocenters. The van der Waals surface area contributed by atoms with Crippen LogP contribution in [0, 0.1) is 6.92 Å². The number of nitrogens with zero attached hydrogens (tertiary/aromatic N) is 2. The Morgan fingerprint density at radius 2 is 1.77 bits per heavy atom. The molecular weight excluding hydrogens is 518 g/mol. The van der Waals surface area contributed by atoms with Crippen LogP contribution in [-0.4, -0.2) is 63.7 Å². The van der Waals surface area contributed by atoms with E-state index in [-0.39, 0.29) is 24.8 Å². The minimum absolute atomic E-state index is 0.0983. The predicted molar refractivity (Wildman–Crippen MR) is 153 cm³/mol. The molecule has 2 aromatic rings. The lowest BCUT2D eigenvalue weighted by Crippen LogP contribution is -2.49. The fraction of sp³-hybridized carbons (Fsp3) is 0.517. The van der Waals surface area contributed by atoms with Gasteiger partial charge in [-0.15, -0.1) is 0 Å². The third kappa shape index (κ3) is 8.61. The number of rotatable bonds is 14. The number of carbonyl (C=O) groups excluding carboxylic acids is 2. The van der Waals surface area contributed by atoms with Crippen LogP contribution in [0.15, 0.2) is 42.5 Å². The Balaban J connectivity index is 1.75. The van der Waals surface area contributed by atoms with Gasteiger partial charge in [0.2, 0.25) is 21.8 Å². The van der Waals surface area contributed by atoms with Crippen LogP contribution in [0.5, 0.6) is 11.5 Å². The Kier molecular flexibility index (Phi) is 11.0. The van der Waals surface area contributed by atoms with Crippen molar-refractivity contribution in [1.82, 2.24) is 10.2 Å². The quantitative estimate of drug-likeness (QED) is 0.351. The van der Waals surface area contributed by atoms with Crippen LogP contribution in [0.2, 0.25) is 0 Å². The summed E-state index contributed by atoms with van der Waals surface area (Å²) in [5, 5.41) is 2.97. The second kappa shape index (κ2) is 14.2. The van der Waals surface area contributed by atoms with Crippen molar-refractivity contribution in [1.29, 1.82) is 0 Å². The minimum Gasteiger partial charge on any atom is -0.486 e. The van der Waals surface area contributed by atoms with Gasteiger partial charge in [0, 0.05) is 32.1 Å². The van der Waals surface area contributed by atoms with Crippen molar-refractivity contribution < 1.29 is 27.5 Å². The number of amides is 2. The molecule has 2 amide bonds. The van der Waals surface area contributed by atoms with Crippen molar-refractivity contribution in [2.45, 2.75) is 65.5 Å². The van der Waals surface area contributed by atoms with Gasteiger partial charge in [-0.25, -0.2) is 8.42 Å². The first-order chi connectivity index (χ1) is 18.6. The maximum atomic E-state index is 13.6. The van der Waals surface area contributed by atoms with Gasteiger partial charge in [0.15, 0.2) is 11.5 Å². The fourth-order valence-corrected chi connectivity index (χ4v) is 5.58. The van der Waals surface area contributed by atoms with Crippen molar-refractivity contribution in [2.75, 3.05) is 36.9 Å². The van der Waals surface area contributed by atoms with E-state index in [9.17, 15) is 18.0 Å². The van der Waals surface area contributed by atoms with E-state index in [1.807, 2.05) is 38.1 Å². The SMILES string of the molecule is CCCCNC(=O)C(CC)N(Cc1cccc(C)c1)C(=O)CCCN(c1ccc2c(c1)OCCO2)S(C)(=O)=O. The summed E-state index contributed by atoms with van der Waals surface area (Å²) in [4.78, 5) is 28.3. The summed E-state index contributed by atoms with van der Waals surface area (Å²) in [6.45, 7) is 7.76. The van der Waals surface area contributed by atoms with Crippen LogP contribution in [-0.2, 0) is 26.2 Å². The molecule has 0 fully saturated rings. The molecule has 9 nitrogen and oxygen atoms in total. The minimum atomic E-state index is -3.62. The molecule has 3 rings (SSSR count). The molecule has 1 aliphatic rings. The first kappa shape index (κ1) is 30.3. The lowest BCUT2D eigenvalue weighted by Gasteiger charge is -2.31. The third-order valence-electron chi connectivity index (χ3n) is 6.62. The third-order valence-corrected chi connectivity index (χ3v) is 7.81. The topological polar surface area (TPSA) is 105 Å². The number of benzene rings is 2. The van der Waals surface area contributed by atoms with Crippen LogP contribution in [0.4, 0.5) is 5.69 Å². The summed E-state index contributed by atoms with van der Waals surface area (Å²) in [5.74, 6) is 0.710. The molecule has 2 aromatic carbocycles. The van der Waals surface area contributed by atoms with E-state index in [2.05, 4.69) is 12.2 Å². The zero-order chi connectivity index (χ0) is 28.4. The predicted octanol–water partition coefficient (Wildman–Crippen LogP) is 4.04. The van der Waals surface area contributed by atoms with E-state index < -0.39 is 16.1 Å². The Hall–Kier alpha value is -3.27. The molecule has 1 N–H and O–H groups in total. The van der Waals surface area contributed by atoms with Gasteiger partial charge in [-0.3, -0.25) is 13.9 Å². The summed E-state index contributed by atoms with van der Waals surface area (Å²) >= 11 is 0. The molecule has 214 valence electrons. The first-order valence-corrected chi connectivity index (χ1v) is 15.5. The van der Waals surface area contributed by atoms with E-state index in [1.54, 1.807) is 23.1 Å². The summed E-state index contributed by atoms with van der Waals surface area (Å²) in [7, 11) is -3.62. The van der Waals surface area contributed by atoms with Crippen LogP contribution < -0.4 is 19.1 Å². The van der Waals surface area contributed by atoms with Gasteiger partial charge in [0.25, 0.3) is 0 Å². The summed E-state index contributed by atoms with van der Waals surface area (Å²) in [6, 6.07) is 12.3. The van der Waals surface area contributed by atoms with Gasteiger partial charge in [-0.1, -0.05) is 50.1 Å². The molecule has 0 spiro atoms. The molecular formula is C29H41N3O6S. The highest BCUT2D eigenvalue weighted by molar-refractivity contribution is 7.92. The van der Waals surface area contributed by atoms with Crippen molar-refractivity contribution >= 4 is 27.5 Å². The first-order valence-electron chi connectivity index (χ1n) is 13.6. The van der Waals surface area contributed by atoms with Crippen LogP contribution in [0.3, 0.4) is 0 Å². The smallest absolute Gasteiger partial charge is 0.242 e. The second-order valence-electron chi connectivity index (χ2n) is 9.85. The maximum absolute atomic E-state index is 13.6. The molecule has 1 aliphatic heterocycles. The largest absolute Gasteiger partial charge is 0.486 e. The highest BCUT2D eigenvalue weighted by Crippen LogP contribution is 2.34. The molecule has 0 saturated carbocycles. The van der Waals surface area contributed by atoms with E-state index in [0.717, 1.165) is 30.2 Å². The van der Waals surface area contributed by atoms with E-state index in [1.165, 1.54) is 4.31 Å². The van der Waals surface area contributed by atoms with Crippen LogP contribution in [0.25, 0.3) is 0 Å². The van der Waals surface area contributed by atoms with Gasteiger partial charge in [0.05, 0.1) is 11.9 Å².